The number of nitrogens with zero attached hydrogens (tertiary/aromatic N) is 2. The minimum Gasteiger partial charge on any atom is -0.496 e. The minimum absolute atomic E-state index is 0.0360. The van der Waals surface area contributed by atoms with Gasteiger partial charge in [-0.2, -0.15) is 5.26 Å². The maximum Gasteiger partial charge on any atom is 0.236 e. The van der Waals surface area contributed by atoms with E-state index in [4.69, 9.17) is 10.00 Å². The van der Waals surface area contributed by atoms with E-state index >= 15 is 0 Å². The van der Waals surface area contributed by atoms with E-state index in [2.05, 4.69) is 5.32 Å². The Balaban J connectivity index is 1.67. The number of para-hydroxylation sites is 1. The minimum atomic E-state index is -0.0956. The Kier molecular flexibility index (Phi) is 7.27. The standard InChI is InChI=1S/C19H25N3O3/c1-25-17-5-3-2-4-16(17)6-7-18(23)21-14-15-9-12-22(13-10-15)19(24)8-11-20/h2-5,15H,6-10,12-14H2,1H3,(H,21,23). The molecule has 0 radical (unpaired) electrons. The summed E-state index contributed by atoms with van der Waals surface area (Å²) in [6.07, 6.45) is 2.76. The van der Waals surface area contributed by atoms with Crippen LogP contribution in [-0.4, -0.2) is 43.5 Å². The number of nitriles is 1. The van der Waals surface area contributed by atoms with Gasteiger partial charge in [-0.15, -0.1) is 0 Å². The number of likely N-dealkylation sites (tertiary alicyclic amines) is 1. The van der Waals surface area contributed by atoms with Gasteiger partial charge < -0.3 is 15.0 Å². The van der Waals surface area contributed by atoms with E-state index in [9.17, 15) is 9.59 Å². The molecule has 1 heterocycles. The molecule has 6 heteroatoms. The highest BCUT2D eigenvalue weighted by molar-refractivity contribution is 5.78. The molecule has 25 heavy (non-hydrogen) atoms. The molecule has 2 amide bonds. The topological polar surface area (TPSA) is 82.4 Å². The predicted octanol–water partition coefficient (Wildman–Crippen LogP) is 1.90. The summed E-state index contributed by atoms with van der Waals surface area (Å²) in [6, 6.07) is 9.62. The van der Waals surface area contributed by atoms with Crippen molar-refractivity contribution in [3.63, 3.8) is 0 Å². The van der Waals surface area contributed by atoms with Crippen LogP contribution in [0.5, 0.6) is 5.75 Å². The van der Waals surface area contributed by atoms with Gasteiger partial charge in [0.25, 0.3) is 0 Å². The molecular weight excluding hydrogens is 318 g/mol. The Bertz CT molecular complexity index is 631. The van der Waals surface area contributed by atoms with Crippen molar-refractivity contribution in [1.29, 1.82) is 5.26 Å². The first-order valence-electron chi connectivity index (χ1n) is 8.67. The van der Waals surface area contributed by atoms with Gasteiger partial charge >= 0.3 is 0 Å². The molecule has 2 rings (SSSR count). The number of benzene rings is 1. The normalized spacial score (nSPS) is 14.6. The van der Waals surface area contributed by atoms with Gasteiger partial charge in [-0.05, 0) is 36.8 Å². The summed E-state index contributed by atoms with van der Waals surface area (Å²) >= 11 is 0. The van der Waals surface area contributed by atoms with Crippen molar-refractivity contribution in [2.45, 2.75) is 32.1 Å². The summed E-state index contributed by atoms with van der Waals surface area (Å²) in [6.45, 7) is 1.98. The van der Waals surface area contributed by atoms with Crippen LogP contribution in [-0.2, 0) is 16.0 Å². The van der Waals surface area contributed by atoms with Crippen molar-refractivity contribution >= 4 is 11.8 Å². The molecule has 134 valence electrons. The van der Waals surface area contributed by atoms with Gasteiger partial charge in [-0.3, -0.25) is 9.59 Å². The summed E-state index contributed by atoms with van der Waals surface area (Å²) in [5, 5.41) is 11.6. The van der Waals surface area contributed by atoms with Crippen LogP contribution in [0, 0.1) is 17.2 Å². The van der Waals surface area contributed by atoms with Crippen molar-refractivity contribution in [2.75, 3.05) is 26.7 Å². The SMILES string of the molecule is COc1ccccc1CCC(=O)NCC1CCN(C(=O)CC#N)CC1. The zero-order valence-corrected chi connectivity index (χ0v) is 14.7. The third-order valence-electron chi connectivity index (χ3n) is 4.60. The van der Waals surface area contributed by atoms with E-state index in [-0.39, 0.29) is 18.2 Å². The van der Waals surface area contributed by atoms with Crippen LogP contribution in [0.25, 0.3) is 0 Å². The summed E-state index contributed by atoms with van der Waals surface area (Å²) in [4.78, 5) is 25.5. The maximum absolute atomic E-state index is 12.1. The third kappa shape index (κ3) is 5.79. The second-order valence-corrected chi connectivity index (χ2v) is 6.27. The number of carbonyl (C=O) groups is 2. The van der Waals surface area contributed by atoms with Gasteiger partial charge in [0.05, 0.1) is 13.2 Å². The van der Waals surface area contributed by atoms with Crippen LogP contribution < -0.4 is 10.1 Å². The van der Waals surface area contributed by atoms with Gasteiger partial charge in [0.2, 0.25) is 11.8 Å². The van der Waals surface area contributed by atoms with E-state index in [1.807, 2.05) is 30.3 Å². The van der Waals surface area contributed by atoms with Crippen LogP contribution >= 0.6 is 0 Å². The fourth-order valence-corrected chi connectivity index (χ4v) is 3.07. The summed E-state index contributed by atoms with van der Waals surface area (Å²) in [5.74, 6) is 1.14. The van der Waals surface area contributed by atoms with Crippen LogP contribution in [0.3, 0.4) is 0 Å². The van der Waals surface area contributed by atoms with Crippen LogP contribution in [0.1, 0.15) is 31.2 Å². The highest BCUT2D eigenvalue weighted by Gasteiger charge is 2.22. The molecule has 1 N–H and O–H groups in total. The van der Waals surface area contributed by atoms with Gasteiger partial charge in [0, 0.05) is 26.1 Å². The molecule has 0 bridgehead atoms. The lowest BCUT2D eigenvalue weighted by Crippen LogP contribution is -2.41. The van der Waals surface area contributed by atoms with Gasteiger partial charge in [0.15, 0.2) is 0 Å². The highest BCUT2D eigenvalue weighted by Crippen LogP contribution is 2.19. The number of nitrogens with one attached hydrogen (secondary N) is 1. The monoisotopic (exact) mass is 343 g/mol. The number of rotatable bonds is 7. The van der Waals surface area contributed by atoms with Crippen molar-refractivity contribution in [3.05, 3.63) is 29.8 Å². The van der Waals surface area contributed by atoms with E-state index < -0.39 is 0 Å². The molecule has 1 aromatic rings. The zero-order valence-electron chi connectivity index (χ0n) is 14.7. The largest absolute Gasteiger partial charge is 0.496 e. The van der Waals surface area contributed by atoms with Crippen molar-refractivity contribution in [1.82, 2.24) is 10.2 Å². The van der Waals surface area contributed by atoms with Crippen LogP contribution in [0.4, 0.5) is 0 Å². The molecule has 1 aromatic carbocycles. The fraction of sp³-hybridized carbons (Fsp3) is 0.526. The molecule has 0 spiro atoms. The first kappa shape index (κ1) is 18.8. The lowest BCUT2D eigenvalue weighted by Gasteiger charge is -2.31. The Morgan fingerprint density at radius 1 is 1.32 bits per heavy atom. The molecule has 0 atom stereocenters. The number of hydrogen-bond donors (Lipinski definition) is 1. The Labute approximate surface area is 148 Å². The number of hydrogen-bond acceptors (Lipinski definition) is 4. The average Bonchev–Trinajstić information content (AvgIpc) is 2.65. The quantitative estimate of drug-likeness (QED) is 0.820. The summed E-state index contributed by atoms with van der Waals surface area (Å²) in [7, 11) is 1.63. The van der Waals surface area contributed by atoms with E-state index in [0.717, 1.165) is 24.2 Å². The third-order valence-corrected chi connectivity index (χ3v) is 4.60. The Morgan fingerprint density at radius 2 is 2.04 bits per heavy atom. The lowest BCUT2D eigenvalue weighted by molar-refractivity contribution is -0.131. The molecular formula is C19H25N3O3. The molecule has 0 aromatic heterocycles. The number of aryl methyl sites for hydroxylation is 1. The Hall–Kier alpha value is -2.55. The number of amides is 2. The second-order valence-electron chi connectivity index (χ2n) is 6.27. The van der Waals surface area contributed by atoms with Crippen molar-refractivity contribution in [3.8, 4) is 11.8 Å². The zero-order chi connectivity index (χ0) is 18.1. The summed E-state index contributed by atoms with van der Waals surface area (Å²) < 4.78 is 5.30. The number of piperidine rings is 1. The first-order valence-corrected chi connectivity index (χ1v) is 8.67. The smallest absolute Gasteiger partial charge is 0.236 e. The van der Waals surface area contributed by atoms with Crippen molar-refractivity contribution < 1.29 is 14.3 Å². The van der Waals surface area contributed by atoms with Gasteiger partial charge in [0.1, 0.15) is 12.2 Å². The maximum atomic E-state index is 12.1. The fourth-order valence-electron chi connectivity index (χ4n) is 3.07. The predicted molar refractivity (Wildman–Crippen MR) is 93.9 cm³/mol. The van der Waals surface area contributed by atoms with E-state index in [1.165, 1.54) is 0 Å². The van der Waals surface area contributed by atoms with Crippen LogP contribution in [0.15, 0.2) is 24.3 Å². The number of ether oxygens (including phenoxy) is 1. The van der Waals surface area contributed by atoms with E-state index in [1.54, 1.807) is 12.0 Å². The molecule has 0 saturated carbocycles. The van der Waals surface area contributed by atoms with Crippen LogP contribution in [0.2, 0.25) is 0 Å². The van der Waals surface area contributed by atoms with Gasteiger partial charge in [-0.25, -0.2) is 0 Å². The highest BCUT2D eigenvalue weighted by atomic mass is 16.5. The summed E-state index contributed by atoms with van der Waals surface area (Å²) in [5.41, 5.74) is 1.03. The Morgan fingerprint density at radius 3 is 2.72 bits per heavy atom. The molecule has 0 unspecified atom stereocenters. The lowest BCUT2D eigenvalue weighted by atomic mass is 9.96. The molecule has 1 fully saturated rings. The van der Waals surface area contributed by atoms with Crippen molar-refractivity contribution in [2.24, 2.45) is 5.92 Å². The molecule has 1 aliphatic heterocycles. The van der Waals surface area contributed by atoms with E-state index in [0.29, 0.717) is 38.4 Å². The molecule has 0 aliphatic carbocycles. The molecule has 1 saturated heterocycles. The molecule has 6 nitrogen and oxygen atoms in total. The first-order chi connectivity index (χ1) is 12.1. The average molecular weight is 343 g/mol. The molecule has 1 aliphatic rings. The van der Waals surface area contributed by atoms with Gasteiger partial charge in [-0.1, -0.05) is 18.2 Å². The number of carbonyl (C=O) groups excluding carboxylic acids is 2. The second kappa shape index (κ2) is 9.67. The number of methoxy groups -OCH3 is 1.